The average molecular weight is 359 g/mol. The van der Waals surface area contributed by atoms with Crippen LogP contribution in [0.1, 0.15) is 11.1 Å². The van der Waals surface area contributed by atoms with Crippen molar-refractivity contribution in [2.75, 3.05) is 5.32 Å². The van der Waals surface area contributed by atoms with E-state index in [-0.39, 0.29) is 16.6 Å². The van der Waals surface area contributed by atoms with E-state index in [1.807, 2.05) is 0 Å². The Morgan fingerprint density at radius 1 is 1.24 bits per heavy atom. The highest BCUT2D eigenvalue weighted by Crippen LogP contribution is 2.21. The Kier molecular flexibility index (Phi) is 5.91. The maximum Gasteiger partial charge on any atom is 0.271 e. The molecule has 2 rings (SSSR count). The van der Waals surface area contributed by atoms with Crippen molar-refractivity contribution in [3.05, 3.63) is 75.6 Å². The molecule has 1 amide bonds. The number of nitro benzene ring substituents is 1. The van der Waals surface area contributed by atoms with Crippen LogP contribution in [0.15, 0.2) is 48.5 Å². The van der Waals surface area contributed by atoms with Crippen LogP contribution in [-0.4, -0.2) is 15.9 Å². The summed E-state index contributed by atoms with van der Waals surface area (Å²) >= 11 is 5.03. The lowest BCUT2D eigenvalue weighted by Gasteiger charge is -2.10. The number of carbonyl (C=O) groups excluding carboxylic acids is 1. The van der Waals surface area contributed by atoms with E-state index in [1.54, 1.807) is 13.0 Å². The number of hydrogen-bond acceptors (Lipinski definition) is 4. The van der Waals surface area contributed by atoms with Crippen molar-refractivity contribution in [2.45, 2.75) is 6.92 Å². The predicted octanol–water partition coefficient (Wildman–Crippen LogP) is 3.57. The van der Waals surface area contributed by atoms with Gasteiger partial charge >= 0.3 is 0 Å². The van der Waals surface area contributed by atoms with E-state index in [2.05, 4.69) is 10.6 Å². The third-order valence-corrected chi connectivity index (χ3v) is 3.42. The Labute approximate surface area is 148 Å². The minimum Gasteiger partial charge on any atom is -0.332 e. The van der Waals surface area contributed by atoms with Crippen LogP contribution in [0.4, 0.5) is 15.8 Å². The molecule has 0 aliphatic heterocycles. The van der Waals surface area contributed by atoms with Crippen LogP contribution in [0.5, 0.6) is 0 Å². The second-order valence-corrected chi connectivity index (χ2v) is 5.49. The first-order valence-corrected chi connectivity index (χ1v) is 7.56. The molecule has 0 unspecified atom stereocenters. The number of nitrogens with zero attached hydrogens (tertiary/aromatic N) is 1. The second-order valence-electron chi connectivity index (χ2n) is 5.08. The molecule has 0 atom stereocenters. The van der Waals surface area contributed by atoms with Gasteiger partial charge in [0.25, 0.3) is 5.69 Å². The number of rotatable bonds is 4. The molecule has 0 spiro atoms. The molecule has 2 N–H and O–H groups in total. The summed E-state index contributed by atoms with van der Waals surface area (Å²) in [6, 6.07) is 9.93. The van der Waals surface area contributed by atoms with E-state index < -0.39 is 10.8 Å². The van der Waals surface area contributed by atoms with Crippen molar-refractivity contribution in [3.63, 3.8) is 0 Å². The molecule has 0 heterocycles. The molecular formula is C17H14FN3O3S. The van der Waals surface area contributed by atoms with Crippen molar-refractivity contribution >= 4 is 40.7 Å². The number of benzene rings is 2. The lowest BCUT2D eigenvalue weighted by atomic mass is 10.2. The minimum absolute atomic E-state index is 0.0114. The number of non-ortho nitro benzene ring substituents is 1. The van der Waals surface area contributed by atoms with Gasteiger partial charge in [-0.3, -0.25) is 20.2 Å². The standard InChI is InChI=1S/C17H14FN3O3S/c1-11-2-8-14(21(23)24)10-15(11)19-17(25)20-16(22)9-5-12-3-6-13(18)7-4-12/h2-10H,1H3,(H2,19,20,22,25). The minimum atomic E-state index is -0.516. The molecule has 0 bridgehead atoms. The molecule has 25 heavy (non-hydrogen) atoms. The Morgan fingerprint density at radius 2 is 1.92 bits per heavy atom. The van der Waals surface area contributed by atoms with E-state index in [0.29, 0.717) is 11.3 Å². The molecule has 0 aliphatic carbocycles. The Morgan fingerprint density at radius 3 is 2.56 bits per heavy atom. The van der Waals surface area contributed by atoms with Crippen LogP contribution in [0.25, 0.3) is 6.08 Å². The van der Waals surface area contributed by atoms with E-state index >= 15 is 0 Å². The SMILES string of the molecule is Cc1ccc([N+](=O)[O-])cc1NC(=S)NC(=O)C=Cc1ccc(F)cc1. The van der Waals surface area contributed by atoms with Gasteiger partial charge in [0.1, 0.15) is 5.82 Å². The number of amides is 1. The highest BCUT2D eigenvalue weighted by molar-refractivity contribution is 7.80. The topological polar surface area (TPSA) is 84.3 Å². The molecule has 0 radical (unpaired) electrons. The summed E-state index contributed by atoms with van der Waals surface area (Å²) in [5.74, 6) is -0.843. The zero-order valence-electron chi connectivity index (χ0n) is 13.2. The molecular weight excluding hydrogens is 345 g/mol. The molecule has 8 heteroatoms. The van der Waals surface area contributed by atoms with E-state index in [9.17, 15) is 19.3 Å². The lowest BCUT2D eigenvalue weighted by molar-refractivity contribution is -0.384. The van der Waals surface area contributed by atoms with Gasteiger partial charge in [0.2, 0.25) is 5.91 Å². The number of halogens is 1. The molecule has 6 nitrogen and oxygen atoms in total. The van der Waals surface area contributed by atoms with Crippen LogP contribution < -0.4 is 10.6 Å². The highest BCUT2D eigenvalue weighted by atomic mass is 32.1. The summed E-state index contributed by atoms with van der Waals surface area (Å²) in [6.07, 6.45) is 2.76. The molecule has 0 aliphatic rings. The third kappa shape index (κ3) is 5.47. The number of nitro groups is 1. The van der Waals surface area contributed by atoms with E-state index in [0.717, 1.165) is 5.56 Å². The maximum absolute atomic E-state index is 12.8. The van der Waals surface area contributed by atoms with Crippen molar-refractivity contribution in [1.29, 1.82) is 0 Å². The first kappa shape index (κ1) is 18.2. The van der Waals surface area contributed by atoms with Crippen LogP contribution >= 0.6 is 12.2 Å². The van der Waals surface area contributed by atoms with E-state index in [1.165, 1.54) is 48.6 Å². The maximum atomic E-state index is 12.8. The van der Waals surface area contributed by atoms with Gasteiger partial charge in [0, 0.05) is 23.9 Å². The number of hydrogen-bond donors (Lipinski definition) is 2. The molecule has 0 saturated carbocycles. The Balaban J connectivity index is 1.97. The number of carbonyl (C=O) groups is 1. The first-order chi connectivity index (χ1) is 11.8. The quantitative estimate of drug-likeness (QED) is 0.377. The van der Waals surface area contributed by atoms with E-state index in [4.69, 9.17) is 12.2 Å². The molecule has 2 aromatic carbocycles. The fourth-order valence-corrected chi connectivity index (χ4v) is 2.12. The molecule has 0 saturated heterocycles. The number of nitrogens with one attached hydrogen (secondary N) is 2. The molecule has 0 aromatic heterocycles. The van der Waals surface area contributed by atoms with Gasteiger partial charge in [-0.2, -0.15) is 0 Å². The first-order valence-electron chi connectivity index (χ1n) is 7.16. The van der Waals surface area contributed by atoms with Crippen molar-refractivity contribution < 1.29 is 14.1 Å². The summed E-state index contributed by atoms with van der Waals surface area (Å²) < 4.78 is 12.8. The normalized spacial score (nSPS) is 10.5. The zero-order valence-corrected chi connectivity index (χ0v) is 14.0. The van der Waals surface area contributed by atoms with Gasteiger partial charge in [0.15, 0.2) is 5.11 Å². The average Bonchev–Trinajstić information content (AvgIpc) is 2.56. The van der Waals surface area contributed by atoms with Crippen LogP contribution in [0.3, 0.4) is 0 Å². The highest BCUT2D eigenvalue weighted by Gasteiger charge is 2.10. The lowest BCUT2D eigenvalue weighted by Crippen LogP contribution is -2.33. The largest absolute Gasteiger partial charge is 0.332 e. The summed E-state index contributed by atoms with van der Waals surface area (Å²) in [4.78, 5) is 22.1. The molecule has 0 fully saturated rings. The molecule has 128 valence electrons. The monoisotopic (exact) mass is 359 g/mol. The van der Waals surface area contributed by atoms with Crippen LogP contribution in [0.2, 0.25) is 0 Å². The summed E-state index contributed by atoms with van der Waals surface area (Å²) in [6.45, 7) is 1.75. The third-order valence-electron chi connectivity index (χ3n) is 3.21. The molecule has 2 aromatic rings. The summed E-state index contributed by atoms with van der Waals surface area (Å²) in [7, 11) is 0. The number of anilines is 1. The van der Waals surface area contributed by atoms with Gasteiger partial charge in [-0.05, 0) is 48.5 Å². The van der Waals surface area contributed by atoms with Gasteiger partial charge in [-0.25, -0.2) is 4.39 Å². The van der Waals surface area contributed by atoms with Gasteiger partial charge in [0.05, 0.1) is 4.92 Å². The van der Waals surface area contributed by atoms with Crippen molar-refractivity contribution in [3.8, 4) is 0 Å². The Hall–Kier alpha value is -3.13. The smallest absolute Gasteiger partial charge is 0.271 e. The summed E-state index contributed by atoms with van der Waals surface area (Å²) in [5.41, 5.74) is 1.74. The van der Waals surface area contributed by atoms with Crippen LogP contribution in [0, 0.1) is 22.9 Å². The number of aryl methyl sites for hydroxylation is 1. The second kappa shape index (κ2) is 8.11. The Bertz CT molecular complexity index is 851. The van der Waals surface area contributed by atoms with Gasteiger partial charge in [-0.15, -0.1) is 0 Å². The zero-order chi connectivity index (χ0) is 18.4. The van der Waals surface area contributed by atoms with Gasteiger partial charge < -0.3 is 5.32 Å². The summed E-state index contributed by atoms with van der Waals surface area (Å²) in [5, 5.41) is 16.0. The van der Waals surface area contributed by atoms with Gasteiger partial charge in [-0.1, -0.05) is 18.2 Å². The van der Waals surface area contributed by atoms with Crippen LogP contribution in [-0.2, 0) is 4.79 Å². The number of thiocarbonyl (C=S) groups is 1. The predicted molar refractivity (Wildman–Crippen MR) is 97.6 cm³/mol. The van der Waals surface area contributed by atoms with Crippen molar-refractivity contribution in [2.24, 2.45) is 0 Å². The van der Waals surface area contributed by atoms with Crippen molar-refractivity contribution in [1.82, 2.24) is 5.32 Å². The fraction of sp³-hybridized carbons (Fsp3) is 0.0588. The fourth-order valence-electron chi connectivity index (χ4n) is 1.91.